The van der Waals surface area contributed by atoms with Crippen molar-refractivity contribution in [3.05, 3.63) is 53.9 Å². The molecular formula is C14H16N2O2. The average Bonchev–Trinajstić information content (AvgIpc) is 2.78. The van der Waals surface area contributed by atoms with Gasteiger partial charge in [0, 0.05) is 18.3 Å². The summed E-state index contributed by atoms with van der Waals surface area (Å²) in [5.74, 6) is -1.17. The molecule has 2 rings (SSSR count). The number of carbonyl (C=O) groups is 1. The molecule has 1 atom stereocenters. The minimum atomic E-state index is -0.775. The quantitative estimate of drug-likeness (QED) is 0.877. The predicted molar refractivity (Wildman–Crippen MR) is 68.3 cm³/mol. The van der Waals surface area contributed by atoms with E-state index in [2.05, 4.69) is 5.10 Å². The van der Waals surface area contributed by atoms with Crippen molar-refractivity contribution >= 4 is 5.97 Å². The van der Waals surface area contributed by atoms with E-state index in [9.17, 15) is 4.79 Å². The number of aliphatic carboxylic acids is 1. The fourth-order valence-corrected chi connectivity index (χ4v) is 1.83. The first-order chi connectivity index (χ1) is 8.66. The summed E-state index contributed by atoms with van der Waals surface area (Å²) in [7, 11) is 0. The van der Waals surface area contributed by atoms with Gasteiger partial charge in [-0.1, -0.05) is 37.3 Å². The van der Waals surface area contributed by atoms with E-state index in [0.29, 0.717) is 13.0 Å². The van der Waals surface area contributed by atoms with E-state index >= 15 is 0 Å². The van der Waals surface area contributed by atoms with Crippen LogP contribution in [-0.4, -0.2) is 20.9 Å². The maximum Gasteiger partial charge on any atom is 0.306 e. The Hall–Kier alpha value is -2.10. The third kappa shape index (κ3) is 2.97. The van der Waals surface area contributed by atoms with Gasteiger partial charge in [-0.2, -0.15) is 5.10 Å². The van der Waals surface area contributed by atoms with Crippen molar-refractivity contribution in [2.75, 3.05) is 0 Å². The second-order valence-corrected chi connectivity index (χ2v) is 4.41. The Morgan fingerprint density at radius 2 is 2.06 bits per heavy atom. The lowest BCUT2D eigenvalue weighted by molar-refractivity contribution is -0.141. The molecule has 0 aliphatic heterocycles. The Morgan fingerprint density at radius 1 is 1.33 bits per heavy atom. The zero-order valence-electron chi connectivity index (χ0n) is 10.3. The van der Waals surface area contributed by atoms with Crippen LogP contribution in [0.3, 0.4) is 0 Å². The highest BCUT2D eigenvalue weighted by molar-refractivity contribution is 5.69. The Bertz CT molecular complexity index is 520. The molecular weight excluding hydrogens is 228 g/mol. The fourth-order valence-electron chi connectivity index (χ4n) is 1.83. The lowest BCUT2D eigenvalue weighted by Crippen LogP contribution is -2.15. The molecule has 2 aromatic rings. The third-order valence-electron chi connectivity index (χ3n) is 2.92. The fraction of sp³-hybridized carbons (Fsp3) is 0.286. The van der Waals surface area contributed by atoms with Gasteiger partial charge in [0.15, 0.2) is 0 Å². The summed E-state index contributed by atoms with van der Waals surface area (Å²) in [6, 6.07) is 11.9. The SMILES string of the molecule is CC(Cc1ccnn1Cc1ccccc1)C(=O)O. The van der Waals surface area contributed by atoms with Crippen molar-refractivity contribution in [3.8, 4) is 0 Å². The van der Waals surface area contributed by atoms with Crippen LogP contribution < -0.4 is 0 Å². The van der Waals surface area contributed by atoms with Gasteiger partial charge >= 0.3 is 5.97 Å². The van der Waals surface area contributed by atoms with E-state index in [4.69, 9.17) is 5.11 Å². The average molecular weight is 244 g/mol. The molecule has 1 N–H and O–H groups in total. The molecule has 4 nitrogen and oxygen atoms in total. The molecule has 94 valence electrons. The molecule has 0 fully saturated rings. The highest BCUT2D eigenvalue weighted by Gasteiger charge is 2.14. The molecule has 0 aliphatic rings. The normalized spacial score (nSPS) is 12.3. The largest absolute Gasteiger partial charge is 0.481 e. The molecule has 1 heterocycles. The lowest BCUT2D eigenvalue weighted by atomic mass is 10.1. The molecule has 0 aliphatic carbocycles. The van der Waals surface area contributed by atoms with Crippen LogP contribution in [0.15, 0.2) is 42.6 Å². The van der Waals surface area contributed by atoms with Gasteiger partial charge in [-0.05, 0) is 11.6 Å². The van der Waals surface area contributed by atoms with E-state index in [0.717, 1.165) is 11.3 Å². The molecule has 0 bridgehead atoms. The van der Waals surface area contributed by atoms with Crippen LogP contribution in [0.1, 0.15) is 18.2 Å². The summed E-state index contributed by atoms with van der Waals surface area (Å²) in [5.41, 5.74) is 2.11. The van der Waals surface area contributed by atoms with Gasteiger partial charge in [-0.3, -0.25) is 9.48 Å². The standard InChI is InChI=1S/C14H16N2O2/c1-11(14(17)18)9-13-7-8-15-16(13)10-12-5-3-2-4-6-12/h2-8,11H,9-10H2,1H3,(H,17,18). The summed E-state index contributed by atoms with van der Waals surface area (Å²) in [6.45, 7) is 2.39. The Labute approximate surface area is 106 Å². The number of carboxylic acids is 1. The van der Waals surface area contributed by atoms with Crippen molar-refractivity contribution < 1.29 is 9.90 Å². The number of hydrogen-bond acceptors (Lipinski definition) is 2. The van der Waals surface area contributed by atoms with Crippen LogP contribution in [-0.2, 0) is 17.8 Å². The first-order valence-corrected chi connectivity index (χ1v) is 5.94. The van der Waals surface area contributed by atoms with Gasteiger partial charge in [0.25, 0.3) is 0 Å². The molecule has 4 heteroatoms. The van der Waals surface area contributed by atoms with E-state index in [1.165, 1.54) is 0 Å². The number of aromatic nitrogens is 2. The first kappa shape index (κ1) is 12.4. The van der Waals surface area contributed by atoms with Crippen molar-refractivity contribution in [3.63, 3.8) is 0 Å². The summed E-state index contributed by atoms with van der Waals surface area (Å²) in [4.78, 5) is 10.9. The van der Waals surface area contributed by atoms with Gasteiger partial charge in [0.05, 0.1) is 12.5 Å². The van der Waals surface area contributed by atoms with Crippen molar-refractivity contribution in [1.82, 2.24) is 9.78 Å². The smallest absolute Gasteiger partial charge is 0.306 e. The molecule has 1 aromatic heterocycles. The van der Waals surface area contributed by atoms with Crippen molar-refractivity contribution in [2.24, 2.45) is 5.92 Å². The van der Waals surface area contributed by atoms with E-state index < -0.39 is 11.9 Å². The van der Waals surface area contributed by atoms with Gasteiger partial charge < -0.3 is 5.11 Å². The summed E-state index contributed by atoms with van der Waals surface area (Å²) in [5, 5.41) is 13.2. The molecule has 0 spiro atoms. The zero-order chi connectivity index (χ0) is 13.0. The Balaban J connectivity index is 2.11. The van der Waals surface area contributed by atoms with Gasteiger partial charge in [-0.25, -0.2) is 0 Å². The predicted octanol–water partition coefficient (Wildman–Crippen LogP) is 2.19. The topological polar surface area (TPSA) is 55.1 Å². The lowest BCUT2D eigenvalue weighted by Gasteiger charge is -2.10. The molecule has 0 amide bonds. The summed E-state index contributed by atoms with van der Waals surface area (Å²) >= 11 is 0. The maximum absolute atomic E-state index is 10.9. The molecule has 0 radical (unpaired) electrons. The maximum atomic E-state index is 10.9. The summed E-state index contributed by atoms with van der Waals surface area (Å²) < 4.78 is 1.86. The minimum Gasteiger partial charge on any atom is -0.481 e. The summed E-state index contributed by atoms with van der Waals surface area (Å²) in [6.07, 6.45) is 2.22. The first-order valence-electron chi connectivity index (χ1n) is 5.94. The van der Waals surface area contributed by atoms with Crippen LogP contribution in [0.2, 0.25) is 0 Å². The van der Waals surface area contributed by atoms with Crippen molar-refractivity contribution in [1.29, 1.82) is 0 Å². The Morgan fingerprint density at radius 3 is 2.72 bits per heavy atom. The van der Waals surface area contributed by atoms with Crippen LogP contribution in [0.5, 0.6) is 0 Å². The monoisotopic (exact) mass is 244 g/mol. The molecule has 18 heavy (non-hydrogen) atoms. The minimum absolute atomic E-state index is 0.392. The van der Waals surface area contributed by atoms with Crippen molar-refractivity contribution in [2.45, 2.75) is 19.9 Å². The zero-order valence-corrected chi connectivity index (χ0v) is 10.3. The van der Waals surface area contributed by atoms with Crippen LogP contribution in [0.25, 0.3) is 0 Å². The molecule has 0 saturated carbocycles. The van der Waals surface area contributed by atoms with E-state index in [-0.39, 0.29) is 0 Å². The van der Waals surface area contributed by atoms with Crippen LogP contribution >= 0.6 is 0 Å². The van der Waals surface area contributed by atoms with E-state index in [1.807, 2.05) is 41.1 Å². The molecule has 1 unspecified atom stereocenters. The van der Waals surface area contributed by atoms with Crippen LogP contribution in [0.4, 0.5) is 0 Å². The number of hydrogen-bond donors (Lipinski definition) is 1. The van der Waals surface area contributed by atoms with Gasteiger partial charge in [0.2, 0.25) is 0 Å². The van der Waals surface area contributed by atoms with E-state index in [1.54, 1.807) is 13.1 Å². The number of rotatable bonds is 5. The highest BCUT2D eigenvalue weighted by Crippen LogP contribution is 2.10. The number of carboxylic acid groups (broad SMARTS) is 1. The van der Waals surface area contributed by atoms with Crippen LogP contribution in [0, 0.1) is 5.92 Å². The number of benzene rings is 1. The molecule has 1 aromatic carbocycles. The Kier molecular flexibility index (Phi) is 3.77. The highest BCUT2D eigenvalue weighted by atomic mass is 16.4. The third-order valence-corrected chi connectivity index (χ3v) is 2.92. The van der Waals surface area contributed by atoms with Gasteiger partial charge in [-0.15, -0.1) is 0 Å². The molecule has 0 saturated heterocycles. The number of nitrogens with zero attached hydrogens (tertiary/aromatic N) is 2. The second-order valence-electron chi connectivity index (χ2n) is 4.41. The second kappa shape index (κ2) is 5.49. The van der Waals surface area contributed by atoms with Gasteiger partial charge in [0.1, 0.15) is 0 Å².